The van der Waals surface area contributed by atoms with Crippen LogP contribution in [0.3, 0.4) is 0 Å². The first kappa shape index (κ1) is 18.9. The molecule has 126 valence electrons. The van der Waals surface area contributed by atoms with Gasteiger partial charge < -0.3 is 20.3 Å². The molecule has 1 aliphatic carbocycles. The number of hydrogen-bond donors (Lipinski definition) is 3. The fourth-order valence-electron chi connectivity index (χ4n) is 3.13. The Morgan fingerprint density at radius 1 is 1.19 bits per heavy atom. The van der Waals surface area contributed by atoms with E-state index < -0.39 is 11.7 Å². The van der Waals surface area contributed by atoms with Gasteiger partial charge in [-0.25, -0.2) is 0 Å². The molecule has 0 radical (unpaired) electrons. The predicted octanol–water partition coefficient (Wildman–Crippen LogP) is 2.47. The topological polar surface area (TPSA) is 61.7 Å². The molecule has 0 aromatic rings. The first-order chi connectivity index (χ1) is 10.0. The molecule has 1 fully saturated rings. The number of ether oxygens (including phenoxy) is 1. The Morgan fingerprint density at radius 2 is 1.86 bits per heavy atom. The number of aliphatic hydroxyl groups is 2. The third-order valence-electron chi connectivity index (χ3n) is 5.02. The first-order valence-corrected chi connectivity index (χ1v) is 8.77. The van der Waals surface area contributed by atoms with E-state index in [2.05, 4.69) is 12.2 Å². The molecule has 0 spiro atoms. The zero-order valence-corrected chi connectivity index (χ0v) is 14.1. The van der Waals surface area contributed by atoms with Gasteiger partial charge in [-0.2, -0.15) is 0 Å². The largest absolute Gasteiger partial charge is 0.389 e. The molecule has 4 heteroatoms. The highest BCUT2D eigenvalue weighted by molar-refractivity contribution is 4.79. The van der Waals surface area contributed by atoms with Crippen molar-refractivity contribution in [2.24, 2.45) is 5.92 Å². The highest BCUT2D eigenvalue weighted by Gasteiger charge is 2.25. The molecule has 3 N–H and O–H groups in total. The van der Waals surface area contributed by atoms with Gasteiger partial charge in [-0.3, -0.25) is 0 Å². The van der Waals surface area contributed by atoms with Crippen LogP contribution in [-0.2, 0) is 4.74 Å². The van der Waals surface area contributed by atoms with E-state index in [-0.39, 0.29) is 0 Å². The predicted molar refractivity (Wildman–Crippen MR) is 86.4 cm³/mol. The van der Waals surface area contributed by atoms with Crippen molar-refractivity contribution >= 4 is 0 Å². The molecule has 3 atom stereocenters. The summed E-state index contributed by atoms with van der Waals surface area (Å²) in [6.45, 7) is 7.59. The van der Waals surface area contributed by atoms with Crippen LogP contribution < -0.4 is 5.32 Å². The lowest BCUT2D eigenvalue weighted by Gasteiger charge is -2.31. The van der Waals surface area contributed by atoms with Crippen LogP contribution in [0.1, 0.15) is 65.7 Å². The van der Waals surface area contributed by atoms with E-state index in [1.54, 1.807) is 0 Å². The van der Waals surface area contributed by atoms with Crippen LogP contribution in [0.25, 0.3) is 0 Å². The van der Waals surface area contributed by atoms with E-state index in [1.807, 2.05) is 13.8 Å². The molecule has 0 saturated heterocycles. The minimum absolute atomic E-state index is 0.321. The van der Waals surface area contributed by atoms with Crippen molar-refractivity contribution in [2.45, 2.75) is 83.5 Å². The second-order valence-corrected chi connectivity index (χ2v) is 6.54. The first-order valence-electron chi connectivity index (χ1n) is 8.77. The van der Waals surface area contributed by atoms with Crippen molar-refractivity contribution < 1.29 is 14.9 Å². The van der Waals surface area contributed by atoms with Crippen LogP contribution in [0.4, 0.5) is 0 Å². The van der Waals surface area contributed by atoms with E-state index in [1.165, 1.54) is 25.7 Å². The SMILES string of the molecule is CCC1CCCCC1OCC(O)CNCC(O)(CC)CC. The summed E-state index contributed by atoms with van der Waals surface area (Å²) in [5, 5.41) is 23.3. The molecule has 21 heavy (non-hydrogen) atoms. The molecular formula is C17H35NO3. The third kappa shape index (κ3) is 6.64. The minimum atomic E-state index is -0.656. The van der Waals surface area contributed by atoms with Crippen LogP contribution in [0, 0.1) is 5.92 Å². The molecule has 4 nitrogen and oxygen atoms in total. The maximum absolute atomic E-state index is 10.2. The standard InChI is InChI=1S/C17H35NO3/c1-4-14-9-7-8-10-16(14)21-12-15(19)11-18-13-17(20,5-2)6-3/h14-16,18-20H,4-13H2,1-3H3. The van der Waals surface area contributed by atoms with Gasteiger partial charge in [0, 0.05) is 13.1 Å². The average Bonchev–Trinajstić information content (AvgIpc) is 2.52. The summed E-state index contributed by atoms with van der Waals surface area (Å²) in [7, 11) is 0. The highest BCUT2D eigenvalue weighted by Crippen LogP contribution is 2.29. The van der Waals surface area contributed by atoms with Gasteiger partial charge in [0.15, 0.2) is 0 Å². The van der Waals surface area contributed by atoms with Crippen LogP contribution in [0.15, 0.2) is 0 Å². The van der Waals surface area contributed by atoms with Gasteiger partial charge in [-0.05, 0) is 31.6 Å². The molecule has 0 heterocycles. The van der Waals surface area contributed by atoms with E-state index in [4.69, 9.17) is 4.74 Å². The molecule has 0 aromatic heterocycles. The molecule has 1 aliphatic rings. The smallest absolute Gasteiger partial charge is 0.0897 e. The minimum Gasteiger partial charge on any atom is -0.389 e. The lowest BCUT2D eigenvalue weighted by atomic mass is 9.85. The summed E-state index contributed by atoms with van der Waals surface area (Å²) in [6, 6.07) is 0. The zero-order chi connectivity index (χ0) is 15.7. The molecular weight excluding hydrogens is 266 g/mol. The summed E-state index contributed by atoms with van der Waals surface area (Å²) >= 11 is 0. The maximum atomic E-state index is 10.2. The Bertz CT molecular complexity index is 269. The van der Waals surface area contributed by atoms with Gasteiger partial charge in [0.2, 0.25) is 0 Å². The Kier molecular flexibility index (Phi) is 8.79. The van der Waals surface area contributed by atoms with Crippen molar-refractivity contribution in [1.29, 1.82) is 0 Å². The molecule has 0 amide bonds. The fourth-order valence-corrected chi connectivity index (χ4v) is 3.13. The van der Waals surface area contributed by atoms with Crippen LogP contribution in [0.2, 0.25) is 0 Å². The van der Waals surface area contributed by atoms with Crippen LogP contribution >= 0.6 is 0 Å². The summed E-state index contributed by atoms with van der Waals surface area (Å²) in [6.07, 6.45) is 7.39. The zero-order valence-electron chi connectivity index (χ0n) is 14.1. The average molecular weight is 301 g/mol. The third-order valence-corrected chi connectivity index (χ3v) is 5.02. The van der Waals surface area contributed by atoms with Crippen LogP contribution in [-0.4, -0.2) is 47.7 Å². The van der Waals surface area contributed by atoms with E-state index in [0.29, 0.717) is 31.7 Å². The Balaban J connectivity index is 2.20. The molecule has 1 saturated carbocycles. The maximum Gasteiger partial charge on any atom is 0.0897 e. The Labute approximate surface area is 130 Å². The second kappa shape index (κ2) is 9.78. The van der Waals surface area contributed by atoms with Crippen molar-refractivity contribution in [3.05, 3.63) is 0 Å². The monoisotopic (exact) mass is 301 g/mol. The Morgan fingerprint density at radius 3 is 2.48 bits per heavy atom. The molecule has 1 rings (SSSR count). The Hall–Kier alpha value is -0.160. The van der Waals surface area contributed by atoms with Gasteiger partial charge in [0.1, 0.15) is 0 Å². The van der Waals surface area contributed by atoms with E-state index >= 15 is 0 Å². The van der Waals surface area contributed by atoms with Gasteiger partial charge in [0.25, 0.3) is 0 Å². The second-order valence-electron chi connectivity index (χ2n) is 6.54. The summed E-state index contributed by atoms with van der Waals surface area (Å²) in [5.74, 6) is 0.657. The van der Waals surface area contributed by atoms with Crippen molar-refractivity contribution in [3.8, 4) is 0 Å². The van der Waals surface area contributed by atoms with Gasteiger partial charge in [-0.15, -0.1) is 0 Å². The van der Waals surface area contributed by atoms with Gasteiger partial charge >= 0.3 is 0 Å². The number of nitrogens with one attached hydrogen (secondary N) is 1. The summed E-state index contributed by atoms with van der Waals surface area (Å²) in [4.78, 5) is 0. The summed E-state index contributed by atoms with van der Waals surface area (Å²) in [5.41, 5.74) is -0.656. The lowest BCUT2D eigenvalue weighted by molar-refractivity contribution is -0.0513. The van der Waals surface area contributed by atoms with Gasteiger partial charge in [-0.1, -0.05) is 40.0 Å². The molecule has 3 unspecified atom stereocenters. The summed E-state index contributed by atoms with van der Waals surface area (Å²) < 4.78 is 5.93. The fraction of sp³-hybridized carbons (Fsp3) is 1.00. The number of rotatable bonds is 10. The number of hydrogen-bond acceptors (Lipinski definition) is 4. The van der Waals surface area contributed by atoms with Crippen LogP contribution in [0.5, 0.6) is 0 Å². The quantitative estimate of drug-likeness (QED) is 0.580. The van der Waals surface area contributed by atoms with Crippen molar-refractivity contribution in [2.75, 3.05) is 19.7 Å². The molecule has 0 bridgehead atoms. The molecule has 0 aliphatic heterocycles. The van der Waals surface area contributed by atoms with E-state index in [0.717, 1.165) is 19.3 Å². The van der Waals surface area contributed by atoms with Crippen molar-refractivity contribution in [1.82, 2.24) is 5.32 Å². The van der Waals surface area contributed by atoms with Gasteiger partial charge in [0.05, 0.1) is 24.4 Å². The number of aliphatic hydroxyl groups excluding tert-OH is 1. The van der Waals surface area contributed by atoms with E-state index in [9.17, 15) is 10.2 Å². The van der Waals surface area contributed by atoms with Crippen molar-refractivity contribution in [3.63, 3.8) is 0 Å². The normalized spacial score (nSPS) is 25.0. The lowest BCUT2D eigenvalue weighted by Crippen LogP contribution is -2.43. The highest BCUT2D eigenvalue weighted by atomic mass is 16.5. The molecule has 0 aromatic carbocycles.